The first-order valence-electron chi connectivity index (χ1n) is 13.6. The molecule has 1 saturated heterocycles. The summed E-state index contributed by atoms with van der Waals surface area (Å²) in [6.45, 7) is 4.38. The third-order valence-electron chi connectivity index (χ3n) is 6.77. The lowest BCUT2D eigenvalue weighted by atomic mass is 9.94. The van der Waals surface area contributed by atoms with E-state index in [9.17, 15) is 24.3 Å². The van der Waals surface area contributed by atoms with Gasteiger partial charge < -0.3 is 29.4 Å². The van der Waals surface area contributed by atoms with Crippen LogP contribution in [0.25, 0.3) is 11.3 Å². The maximum Gasteiger partial charge on any atom is 0.332 e. The third kappa shape index (κ3) is 7.45. The Morgan fingerprint density at radius 3 is 2.60 bits per heavy atom. The highest BCUT2D eigenvalue weighted by atomic mass is 16.6. The second kappa shape index (κ2) is 13.8. The maximum atomic E-state index is 13.4. The molecule has 1 fully saturated rings. The zero-order valence-corrected chi connectivity index (χ0v) is 24.1. The van der Waals surface area contributed by atoms with Crippen molar-refractivity contribution in [2.45, 2.75) is 52.0 Å². The molecule has 0 saturated carbocycles. The van der Waals surface area contributed by atoms with Crippen molar-refractivity contribution in [3.8, 4) is 22.8 Å². The van der Waals surface area contributed by atoms with Crippen LogP contribution in [0.5, 0.6) is 11.5 Å². The molecule has 14 heteroatoms. The van der Waals surface area contributed by atoms with Gasteiger partial charge in [-0.1, -0.05) is 49.4 Å². The minimum atomic E-state index is -1.45. The molecule has 0 spiro atoms. The number of carbonyl (C=O) groups excluding carboxylic acids is 4. The number of aromatic hydroxyl groups is 1. The fraction of sp³-hybridized carbons (Fsp3) is 0.414. The number of carbonyl (C=O) groups is 4. The second-order valence-corrected chi connectivity index (χ2v) is 10.2. The summed E-state index contributed by atoms with van der Waals surface area (Å²) < 4.78 is 23.3. The monoisotopic (exact) mass is 595 g/mol. The quantitative estimate of drug-likeness (QED) is 0.271. The Bertz CT molecular complexity index is 1460. The fourth-order valence-corrected chi connectivity index (χ4v) is 4.38. The number of nitrogens with zero attached hydrogens (tertiary/aromatic N) is 4. The van der Waals surface area contributed by atoms with Gasteiger partial charge in [0.05, 0.1) is 25.1 Å². The molecule has 0 unspecified atom stereocenters. The molecule has 1 aliphatic rings. The van der Waals surface area contributed by atoms with Crippen LogP contribution in [-0.2, 0) is 35.1 Å². The van der Waals surface area contributed by atoms with Crippen LogP contribution in [0.15, 0.2) is 48.8 Å². The molecule has 3 heterocycles. The maximum absolute atomic E-state index is 13.4. The molecule has 43 heavy (non-hydrogen) atoms. The van der Waals surface area contributed by atoms with Crippen molar-refractivity contribution in [1.29, 1.82) is 0 Å². The average molecular weight is 596 g/mol. The molecular weight excluding hydrogens is 562 g/mol. The van der Waals surface area contributed by atoms with Crippen LogP contribution in [0.1, 0.15) is 37.7 Å². The Morgan fingerprint density at radius 2 is 1.91 bits per heavy atom. The fourth-order valence-electron chi connectivity index (χ4n) is 4.38. The van der Waals surface area contributed by atoms with Crippen molar-refractivity contribution in [3.05, 3.63) is 54.5 Å². The largest absolute Gasteiger partial charge is 0.503 e. The van der Waals surface area contributed by atoms with E-state index >= 15 is 0 Å². The van der Waals surface area contributed by atoms with Crippen LogP contribution < -0.4 is 10.1 Å². The molecule has 0 bridgehead atoms. The van der Waals surface area contributed by atoms with Gasteiger partial charge >= 0.3 is 17.9 Å². The van der Waals surface area contributed by atoms with Crippen LogP contribution >= 0.6 is 0 Å². The number of aromatic nitrogens is 4. The van der Waals surface area contributed by atoms with Crippen molar-refractivity contribution >= 4 is 23.8 Å². The summed E-state index contributed by atoms with van der Waals surface area (Å²) in [6.07, 6.45) is 0.786. The van der Waals surface area contributed by atoms with Gasteiger partial charge in [0.2, 0.25) is 0 Å². The number of pyridine rings is 1. The summed E-state index contributed by atoms with van der Waals surface area (Å²) >= 11 is 0. The van der Waals surface area contributed by atoms with E-state index in [2.05, 4.69) is 20.6 Å². The summed E-state index contributed by atoms with van der Waals surface area (Å²) in [6, 6.07) is 9.33. The van der Waals surface area contributed by atoms with E-state index < -0.39 is 72.0 Å². The average Bonchev–Trinajstić information content (AvgIpc) is 3.48. The number of rotatable bonds is 9. The van der Waals surface area contributed by atoms with Gasteiger partial charge in [0, 0.05) is 24.4 Å². The highest BCUT2D eigenvalue weighted by Crippen LogP contribution is 2.28. The number of hydrogen-bond acceptors (Lipinski definition) is 12. The van der Waals surface area contributed by atoms with Crippen molar-refractivity contribution in [1.82, 2.24) is 25.3 Å². The van der Waals surface area contributed by atoms with Gasteiger partial charge in [-0.15, -0.1) is 5.10 Å². The first kappa shape index (κ1) is 30.9. The number of methoxy groups -OCH3 is 1. The summed E-state index contributed by atoms with van der Waals surface area (Å²) in [5.41, 5.74) is 1.10. The Kier molecular flexibility index (Phi) is 9.91. The molecule has 2 N–H and O–H groups in total. The molecule has 1 amide bonds. The predicted octanol–water partition coefficient (Wildman–Crippen LogP) is 1.92. The van der Waals surface area contributed by atoms with Crippen molar-refractivity contribution in [2.75, 3.05) is 13.7 Å². The molecule has 0 aliphatic carbocycles. The molecule has 2 aromatic heterocycles. The highest BCUT2D eigenvalue weighted by molar-refractivity contribution is 5.98. The van der Waals surface area contributed by atoms with E-state index in [4.69, 9.17) is 18.9 Å². The van der Waals surface area contributed by atoms with E-state index in [0.29, 0.717) is 5.69 Å². The molecule has 1 aromatic carbocycles. The molecule has 4 rings (SSSR count). The van der Waals surface area contributed by atoms with Gasteiger partial charge in [-0.2, -0.15) is 0 Å². The second-order valence-electron chi connectivity index (χ2n) is 10.2. The first-order chi connectivity index (χ1) is 20.6. The molecule has 0 radical (unpaired) electrons. The molecular formula is C29H33N5O9. The smallest absolute Gasteiger partial charge is 0.332 e. The number of cyclic esters (lactones) is 2. The molecule has 3 aromatic rings. The summed E-state index contributed by atoms with van der Waals surface area (Å²) in [7, 11) is 1.30. The van der Waals surface area contributed by atoms with Crippen LogP contribution in [0.2, 0.25) is 0 Å². The van der Waals surface area contributed by atoms with E-state index in [1.807, 2.05) is 30.3 Å². The molecule has 14 nitrogen and oxygen atoms in total. The number of nitrogens with one attached hydrogen (secondary N) is 1. The molecule has 4 atom stereocenters. The summed E-state index contributed by atoms with van der Waals surface area (Å²) in [4.78, 5) is 55.9. The van der Waals surface area contributed by atoms with Gasteiger partial charge in [0.15, 0.2) is 29.3 Å². The van der Waals surface area contributed by atoms with Crippen molar-refractivity contribution < 1.29 is 43.2 Å². The highest BCUT2D eigenvalue weighted by Gasteiger charge is 2.42. The van der Waals surface area contributed by atoms with Gasteiger partial charge in [-0.25, -0.2) is 9.78 Å². The Morgan fingerprint density at radius 1 is 1.16 bits per heavy atom. The summed E-state index contributed by atoms with van der Waals surface area (Å²) in [5, 5.41) is 21.0. The number of aryl methyl sites for hydroxylation is 1. The summed E-state index contributed by atoms with van der Waals surface area (Å²) in [5.74, 6) is -5.34. The normalized spacial score (nSPS) is 20.7. The van der Waals surface area contributed by atoms with Gasteiger partial charge in [0.25, 0.3) is 5.91 Å². The van der Waals surface area contributed by atoms with Crippen LogP contribution in [0.3, 0.4) is 0 Å². The predicted molar refractivity (Wildman–Crippen MR) is 149 cm³/mol. The van der Waals surface area contributed by atoms with Crippen molar-refractivity contribution in [3.63, 3.8) is 0 Å². The van der Waals surface area contributed by atoms with E-state index in [1.54, 1.807) is 24.7 Å². The van der Waals surface area contributed by atoms with Gasteiger partial charge in [-0.05, 0) is 13.3 Å². The number of benzene rings is 1. The Balaban J connectivity index is 1.54. The number of hydrogen-bond donors (Lipinski definition) is 2. The van der Waals surface area contributed by atoms with E-state index in [0.717, 1.165) is 5.56 Å². The first-order valence-corrected chi connectivity index (χ1v) is 13.6. The van der Waals surface area contributed by atoms with E-state index in [1.165, 1.54) is 26.3 Å². The van der Waals surface area contributed by atoms with Crippen molar-refractivity contribution in [2.24, 2.45) is 11.8 Å². The number of amides is 1. The zero-order chi connectivity index (χ0) is 31.1. The van der Waals surface area contributed by atoms with E-state index in [-0.39, 0.29) is 18.7 Å². The van der Waals surface area contributed by atoms with Crippen LogP contribution in [-0.4, -0.2) is 80.9 Å². The van der Waals surface area contributed by atoms with Crippen LogP contribution in [0, 0.1) is 11.8 Å². The standard InChI is InChI=1S/C29H33N5O9/c1-16(2)27(37)43-25-17(3)42-29(39)21(31-26(36)23-24(35)22(40-4)10-12-30-23)15-41-28(38)19(25)11-13-34-14-20(32-33-34)18-8-6-5-7-9-18/h5-10,12,14,16-17,19,21,25,35H,11,13,15H2,1-4H3,(H,31,36)/t17-,19+,21-,25-/m0/s1. The minimum absolute atomic E-state index is 0.00170. The lowest BCUT2D eigenvalue weighted by molar-refractivity contribution is -0.177. The SMILES string of the molecule is COc1ccnc(C(=O)N[C@H]2COC(=O)[C@H](CCn3cc(-c4ccccc4)nn3)[C@@H](OC(=O)C(C)C)[C@H](C)OC2=O)c1O. The lowest BCUT2D eigenvalue weighted by Crippen LogP contribution is -2.46. The van der Waals surface area contributed by atoms with Gasteiger partial charge in [0.1, 0.15) is 18.4 Å². The van der Waals surface area contributed by atoms with Gasteiger partial charge in [-0.3, -0.25) is 19.1 Å². The minimum Gasteiger partial charge on any atom is -0.503 e. The Hall–Kier alpha value is -5.01. The Labute approximate surface area is 247 Å². The molecule has 1 aliphatic heterocycles. The third-order valence-corrected chi connectivity index (χ3v) is 6.77. The topological polar surface area (TPSA) is 181 Å². The van der Waals surface area contributed by atoms with Crippen LogP contribution in [0.4, 0.5) is 0 Å². The number of esters is 3. The molecule has 228 valence electrons. The number of ether oxygens (including phenoxy) is 4. The lowest BCUT2D eigenvalue weighted by Gasteiger charge is -2.29. The zero-order valence-electron chi connectivity index (χ0n) is 24.1.